The average Bonchev–Trinajstić information content (AvgIpc) is 2.71. The first-order chi connectivity index (χ1) is 9.26. The van der Waals surface area contributed by atoms with E-state index in [9.17, 15) is 10.2 Å². The number of anilines is 1. The zero-order chi connectivity index (χ0) is 13.7. The monoisotopic (exact) mass is 263 g/mol. The van der Waals surface area contributed by atoms with Gasteiger partial charge in [0.1, 0.15) is 0 Å². The molecule has 1 aliphatic heterocycles. The highest BCUT2D eigenvalue weighted by atomic mass is 16.3. The van der Waals surface area contributed by atoms with Crippen molar-refractivity contribution in [2.45, 2.75) is 51.2 Å². The Labute approximate surface area is 115 Å². The van der Waals surface area contributed by atoms with Gasteiger partial charge in [-0.25, -0.2) is 0 Å². The summed E-state index contributed by atoms with van der Waals surface area (Å²) >= 11 is 0. The van der Waals surface area contributed by atoms with E-state index in [4.69, 9.17) is 0 Å². The van der Waals surface area contributed by atoms with Gasteiger partial charge in [0.25, 0.3) is 0 Å². The van der Waals surface area contributed by atoms with Gasteiger partial charge in [0, 0.05) is 12.2 Å². The van der Waals surface area contributed by atoms with Crippen molar-refractivity contribution in [3.8, 4) is 0 Å². The third-order valence-electron chi connectivity index (χ3n) is 4.08. The maximum atomic E-state index is 9.82. The predicted molar refractivity (Wildman–Crippen MR) is 78.4 cm³/mol. The van der Waals surface area contributed by atoms with E-state index in [1.807, 2.05) is 19.1 Å². The quantitative estimate of drug-likeness (QED) is 0.878. The second kappa shape index (κ2) is 6.92. The number of rotatable bonds is 4. The second-order valence-corrected chi connectivity index (χ2v) is 5.39. The van der Waals surface area contributed by atoms with Crippen LogP contribution in [0.3, 0.4) is 0 Å². The highest BCUT2D eigenvalue weighted by molar-refractivity contribution is 5.49. The van der Waals surface area contributed by atoms with Gasteiger partial charge in [-0.3, -0.25) is 0 Å². The zero-order valence-corrected chi connectivity index (χ0v) is 11.8. The summed E-state index contributed by atoms with van der Waals surface area (Å²) in [6.07, 6.45) is 5.08. The van der Waals surface area contributed by atoms with Crippen molar-refractivity contribution in [1.82, 2.24) is 0 Å². The van der Waals surface area contributed by atoms with E-state index in [-0.39, 0.29) is 18.8 Å². The van der Waals surface area contributed by atoms with Crippen molar-refractivity contribution in [3.05, 3.63) is 29.8 Å². The van der Waals surface area contributed by atoms with Crippen LogP contribution in [0.15, 0.2) is 24.3 Å². The number of hydrogen-bond donors (Lipinski definition) is 2. The molecule has 0 amide bonds. The molecular formula is C16H25NO2. The second-order valence-electron chi connectivity index (χ2n) is 5.39. The smallest absolute Gasteiger partial charge is 0.0787 e. The predicted octanol–water partition coefficient (Wildman–Crippen LogP) is 2.87. The van der Waals surface area contributed by atoms with Gasteiger partial charge in [-0.05, 0) is 37.0 Å². The van der Waals surface area contributed by atoms with Gasteiger partial charge in [0.2, 0.25) is 0 Å². The lowest BCUT2D eigenvalue weighted by molar-refractivity contribution is 0.173. The Morgan fingerprint density at radius 1 is 1.21 bits per heavy atom. The normalized spacial score (nSPS) is 22.1. The van der Waals surface area contributed by atoms with E-state index in [2.05, 4.69) is 17.0 Å². The van der Waals surface area contributed by atoms with Gasteiger partial charge in [-0.1, -0.05) is 31.9 Å². The number of aliphatic hydroxyl groups excluding tert-OH is 2. The maximum Gasteiger partial charge on any atom is 0.0787 e. The lowest BCUT2D eigenvalue weighted by Gasteiger charge is -2.31. The third kappa shape index (κ3) is 3.48. The van der Waals surface area contributed by atoms with Crippen molar-refractivity contribution in [3.63, 3.8) is 0 Å². The topological polar surface area (TPSA) is 43.7 Å². The molecule has 0 spiro atoms. The molecular weight excluding hydrogens is 238 g/mol. The van der Waals surface area contributed by atoms with Crippen molar-refractivity contribution in [2.75, 3.05) is 18.1 Å². The molecule has 1 aromatic rings. The summed E-state index contributed by atoms with van der Waals surface area (Å²) in [6, 6.07) is 8.39. The molecule has 106 valence electrons. The Hall–Kier alpha value is -1.06. The molecule has 3 heteroatoms. The minimum absolute atomic E-state index is 0.222. The lowest BCUT2D eigenvalue weighted by Crippen LogP contribution is -2.37. The molecule has 0 bridgehead atoms. The highest BCUT2D eigenvalue weighted by Gasteiger charge is 2.20. The molecule has 1 aliphatic rings. The lowest BCUT2D eigenvalue weighted by atomic mass is 10.1. The number of aliphatic hydroxyl groups is 2. The van der Waals surface area contributed by atoms with Crippen molar-refractivity contribution in [2.24, 2.45) is 0 Å². The molecule has 3 nitrogen and oxygen atoms in total. The summed E-state index contributed by atoms with van der Waals surface area (Å²) in [6.45, 7) is 3.22. The number of benzene rings is 1. The van der Waals surface area contributed by atoms with Gasteiger partial charge in [-0.15, -0.1) is 0 Å². The van der Waals surface area contributed by atoms with Gasteiger partial charge in [0.05, 0.1) is 18.8 Å². The summed E-state index contributed by atoms with van der Waals surface area (Å²) < 4.78 is 0. The summed E-state index contributed by atoms with van der Waals surface area (Å²) in [5.41, 5.74) is 2.13. The van der Waals surface area contributed by atoms with E-state index in [0.717, 1.165) is 30.6 Å². The Balaban J connectivity index is 2.14. The SMILES string of the molecule is CC[C@@H](O)c1ccc(N2CCCCCC2CO)cc1. The van der Waals surface area contributed by atoms with Crippen molar-refractivity contribution in [1.29, 1.82) is 0 Å². The summed E-state index contributed by atoms with van der Waals surface area (Å²) in [5.74, 6) is 0. The molecule has 1 heterocycles. The maximum absolute atomic E-state index is 9.82. The van der Waals surface area contributed by atoms with Gasteiger partial charge >= 0.3 is 0 Å². The van der Waals surface area contributed by atoms with E-state index >= 15 is 0 Å². The molecule has 1 unspecified atom stereocenters. The van der Waals surface area contributed by atoms with Crippen LogP contribution < -0.4 is 4.90 Å². The van der Waals surface area contributed by atoms with E-state index in [1.165, 1.54) is 19.3 Å². The largest absolute Gasteiger partial charge is 0.394 e. The Morgan fingerprint density at radius 3 is 2.58 bits per heavy atom. The number of nitrogens with zero attached hydrogens (tertiary/aromatic N) is 1. The standard InChI is InChI=1S/C16H25NO2/c1-2-16(19)13-7-9-14(10-8-13)17-11-5-3-4-6-15(17)12-18/h7-10,15-16,18-19H,2-6,11-12H2,1H3/t15?,16-/m1/s1. The van der Waals surface area contributed by atoms with Gasteiger partial charge in [-0.2, -0.15) is 0 Å². The average molecular weight is 263 g/mol. The van der Waals surface area contributed by atoms with Crippen LogP contribution in [-0.2, 0) is 0 Å². The first kappa shape index (κ1) is 14.4. The van der Waals surface area contributed by atoms with Gasteiger partial charge < -0.3 is 15.1 Å². The molecule has 0 aromatic heterocycles. The summed E-state index contributed by atoms with van der Waals surface area (Å²) in [5, 5.41) is 19.4. The van der Waals surface area contributed by atoms with Crippen LogP contribution >= 0.6 is 0 Å². The van der Waals surface area contributed by atoms with Crippen molar-refractivity contribution < 1.29 is 10.2 Å². The summed E-state index contributed by atoms with van der Waals surface area (Å²) in [7, 11) is 0. The van der Waals surface area contributed by atoms with E-state index in [1.54, 1.807) is 0 Å². The van der Waals surface area contributed by atoms with E-state index < -0.39 is 0 Å². The molecule has 0 radical (unpaired) electrons. The molecule has 19 heavy (non-hydrogen) atoms. The Morgan fingerprint density at radius 2 is 1.95 bits per heavy atom. The molecule has 1 saturated heterocycles. The zero-order valence-electron chi connectivity index (χ0n) is 11.8. The van der Waals surface area contributed by atoms with Crippen LogP contribution in [0.1, 0.15) is 50.7 Å². The van der Waals surface area contributed by atoms with Crippen LogP contribution in [-0.4, -0.2) is 29.4 Å². The summed E-state index contributed by atoms with van der Waals surface area (Å²) in [4.78, 5) is 2.31. The van der Waals surface area contributed by atoms with Crippen LogP contribution in [0.2, 0.25) is 0 Å². The minimum Gasteiger partial charge on any atom is -0.394 e. The van der Waals surface area contributed by atoms with Gasteiger partial charge in [0.15, 0.2) is 0 Å². The van der Waals surface area contributed by atoms with Crippen LogP contribution in [0.5, 0.6) is 0 Å². The minimum atomic E-state index is -0.369. The molecule has 1 aromatic carbocycles. The Kier molecular flexibility index (Phi) is 5.23. The molecule has 0 saturated carbocycles. The first-order valence-electron chi connectivity index (χ1n) is 7.41. The van der Waals surface area contributed by atoms with Crippen LogP contribution in [0.25, 0.3) is 0 Å². The molecule has 2 rings (SSSR count). The molecule has 1 fully saturated rings. The molecule has 2 atom stereocenters. The highest BCUT2D eigenvalue weighted by Crippen LogP contribution is 2.26. The fourth-order valence-electron chi connectivity index (χ4n) is 2.83. The fourth-order valence-corrected chi connectivity index (χ4v) is 2.83. The third-order valence-corrected chi connectivity index (χ3v) is 4.08. The first-order valence-corrected chi connectivity index (χ1v) is 7.41. The Bertz CT molecular complexity index is 377. The van der Waals surface area contributed by atoms with Crippen molar-refractivity contribution >= 4 is 5.69 Å². The molecule has 0 aliphatic carbocycles. The van der Waals surface area contributed by atoms with Crippen LogP contribution in [0.4, 0.5) is 5.69 Å². The fraction of sp³-hybridized carbons (Fsp3) is 0.625. The molecule has 2 N–H and O–H groups in total. The van der Waals surface area contributed by atoms with Crippen LogP contribution in [0, 0.1) is 0 Å². The van der Waals surface area contributed by atoms with E-state index in [0.29, 0.717) is 0 Å². The number of hydrogen-bond acceptors (Lipinski definition) is 3.